The molecule has 0 unspecified atom stereocenters. The third-order valence-corrected chi connectivity index (χ3v) is 4.09. The van der Waals surface area contributed by atoms with Crippen LogP contribution < -0.4 is 4.72 Å². The van der Waals surface area contributed by atoms with E-state index in [1.807, 2.05) is 0 Å². The SMILES string of the molecule is Cc1n[nH]c(C)c1S(=O)(=O)Nc1ccc(O)cc1. The first-order valence-electron chi connectivity index (χ1n) is 5.23. The lowest BCUT2D eigenvalue weighted by Crippen LogP contribution is -2.14. The molecule has 0 saturated carbocycles. The number of nitrogens with zero attached hydrogens (tertiary/aromatic N) is 1. The molecule has 2 rings (SSSR count). The first-order chi connectivity index (χ1) is 8.40. The normalized spacial score (nSPS) is 11.4. The molecule has 1 aromatic carbocycles. The van der Waals surface area contributed by atoms with E-state index < -0.39 is 10.0 Å². The lowest BCUT2D eigenvalue weighted by Gasteiger charge is -2.08. The van der Waals surface area contributed by atoms with Gasteiger partial charge in [-0.3, -0.25) is 9.82 Å². The fourth-order valence-electron chi connectivity index (χ4n) is 1.67. The van der Waals surface area contributed by atoms with Gasteiger partial charge in [0.15, 0.2) is 0 Å². The second-order valence-electron chi connectivity index (χ2n) is 3.92. The zero-order valence-electron chi connectivity index (χ0n) is 9.93. The minimum absolute atomic E-state index is 0.0774. The van der Waals surface area contributed by atoms with Crippen molar-refractivity contribution in [1.29, 1.82) is 0 Å². The van der Waals surface area contributed by atoms with Gasteiger partial charge in [0.1, 0.15) is 10.6 Å². The number of hydrogen-bond donors (Lipinski definition) is 3. The Balaban J connectivity index is 2.36. The number of phenolic OH excluding ortho intramolecular Hbond substituents is 1. The maximum Gasteiger partial charge on any atom is 0.265 e. The summed E-state index contributed by atoms with van der Waals surface area (Å²) in [6.07, 6.45) is 0. The standard InChI is InChI=1S/C11H13N3O3S/c1-7-11(8(2)13-12-7)18(16,17)14-9-3-5-10(15)6-4-9/h3-6,14-15H,1-2H3,(H,12,13). The van der Waals surface area contributed by atoms with Gasteiger partial charge in [-0.15, -0.1) is 0 Å². The van der Waals surface area contributed by atoms with Crippen molar-refractivity contribution >= 4 is 15.7 Å². The molecule has 0 amide bonds. The van der Waals surface area contributed by atoms with Crippen LogP contribution in [0.25, 0.3) is 0 Å². The summed E-state index contributed by atoms with van der Waals surface area (Å²) in [5.74, 6) is 0.0774. The maximum atomic E-state index is 12.2. The molecule has 0 radical (unpaired) electrons. The van der Waals surface area contributed by atoms with Crippen molar-refractivity contribution in [3.05, 3.63) is 35.7 Å². The van der Waals surface area contributed by atoms with E-state index in [0.717, 1.165) is 0 Å². The lowest BCUT2D eigenvalue weighted by atomic mass is 10.3. The van der Waals surface area contributed by atoms with Crippen LogP contribution in [0.1, 0.15) is 11.4 Å². The van der Waals surface area contributed by atoms with E-state index in [-0.39, 0.29) is 10.6 Å². The van der Waals surface area contributed by atoms with E-state index in [4.69, 9.17) is 5.11 Å². The van der Waals surface area contributed by atoms with Gasteiger partial charge in [-0.1, -0.05) is 0 Å². The van der Waals surface area contributed by atoms with Crippen molar-refractivity contribution in [3.8, 4) is 5.75 Å². The summed E-state index contributed by atoms with van der Waals surface area (Å²) in [6.45, 7) is 3.26. The second-order valence-corrected chi connectivity index (χ2v) is 5.53. The summed E-state index contributed by atoms with van der Waals surface area (Å²) < 4.78 is 26.7. The number of rotatable bonds is 3. The molecule has 0 atom stereocenters. The van der Waals surface area contributed by atoms with Gasteiger partial charge >= 0.3 is 0 Å². The van der Waals surface area contributed by atoms with Gasteiger partial charge in [-0.05, 0) is 38.1 Å². The number of aryl methyl sites for hydroxylation is 2. The summed E-state index contributed by atoms with van der Waals surface area (Å²) >= 11 is 0. The van der Waals surface area contributed by atoms with Crippen LogP contribution in [-0.2, 0) is 10.0 Å². The first-order valence-corrected chi connectivity index (χ1v) is 6.72. The molecule has 96 valence electrons. The van der Waals surface area contributed by atoms with Crippen LogP contribution in [0.3, 0.4) is 0 Å². The Morgan fingerprint density at radius 2 is 1.83 bits per heavy atom. The van der Waals surface area contributed by atoms with Gasteiger partial charge in [0, 0.05) is 5.69 Å². The predicted octanol–water partition coefficient (Wildman–Crippen LogP) is 1.53. The number of benzene rings is 1. The maximum absolute atomic E-state index is 12.2. The third kappa shape index (κ3) is 2.30. The molecule has 2 aromatic rings. The van der Waals surface area contributed by atoms with Crippen molar-refractivity contribution in [2.45, 2.75) is 18.7 Å². The summed E-state index contributed by atoms with van der Waals surface area (Å²) in [5, 5.41) is 15.6. The molecule has 0 aliphatic carbocycles. The van der Waals surface area contributed by atoms with Gasteiger partial charge in [0.05, 0.1) is 11.4 Å². The van der Waals surface area contributed by atoms with Crippen molar-refractivity contribution in [2.24, 2.45) is 0 Å². The van der Waals surface area contributed by atoms with Crippen LogP contribution in [0.4, 0.5) is 5.69 Å². The van der Waals surface area contributed by atoms with Crippen LogP contribution >= 0.6 is 0 Å². The molecule has 0 bridgehead atoms. The highest BCUT2D eigenvalue weighted by atomic mass is 32.2. The molecular weight excluding hydrogens is 254 g/mol. The summed E-state index contributed by atoms with van der Waals surface area (Å²) in [5.41, 5.74) is 1.28. The Morgan fingerprint density at radius 3 is 2.33 bits per heavy atom. The van der Waals surface area contributed by atoms with Crippen molar-refractivity contribution in [3.63, 3.8) is 0 Å². The largest absolute Gasteiger partial charge is 0.508 e. The molecule has 0 spiro atoms. The lowest BCUT2D eigenvalue weighted by molar-refractivity contribution is 0.475. The minimum atomic E-state index is -3.67. The van der Waals surface area contributed by atoms with E-state index in [9.17, 15) is 8.42 Å². The quantitative estimate of drug-likeness (QED) is 0.735. The fourth-order valence-corrected chi connectivity index (χ4v) is 3.10. The highest BCUT2D eigenvalue weighted by Crippen LogP contribution is 2.21. The average Bonchev–Trinajstić information content (AvgIpc) is 2.62. The van der Waals surface area contributed by atoms with E-state index in [2.05, 4.69) is 14.9 Å². The van der Waals surface area contributed by atoms with Crippen LogP contribution in [0.5, 0.6) is 5.75 Å². The minimum Gasteiger partial charge on any atom is -0.508 e. The number of H-pyrrole nitrogens is 1. The molecule has 0 aliphatic heterocycles. The zero-order valence-corrected chi connectivity index (χ0v) is 10.7. The number of aromatic amines is 1. The molecule has 7 heteroatoms. The third-order valence-electron chi connectivity index (χ3n) is 2.45. The molecule has 3 N–H and O–H groups in total. The molecule has 0 aliphatic rings. The number of nitrogens with one attached hydrogen (secondary N) is 2. The van der Waals surface area contributed by atoms with Crippen LogP contribution in [-0.4, -0.2) is 23.7 Å². The Labute approximate surface area is 105 Å². The van der Waals surface area contributed by atoms with E-state index in [1.165, 1.54) is 24.3 Å². The van der Waals surface area contributed by atoms with E-state index >= 15 is 0 Å². The fraction of sp³-hybridized carbons (Fsp3) is 0.182. The number of aromatic hydroxyl groups is 1. The van der Waals surface area contributed by atoms with Gasteiger partial charge in [-0.25, -0.2) is 8.42 Å². The average molecular weight is 267 g/mol. The summed E-state index contributed by atoms with van der Waals surface area (Å²) in [6, 6.07) is 5.79. The zero-order chi connectivity index (χ0) is 13.3. The van der Waals surface area contributed by atoms with Crippen LogP contribution in [0, 0.1) is 13.8 Å². The molecule has 6 nitrogen and oxygen atoms in total. The van der Waals surface area contributed by atoms with Gasteiger partial charge < -0.3 is 5.11 Å². The summed E-state index contributed by atoms with van der Waals surface area (Å²) in [4.78, 5) is 0.149. The van der Waals surface area contributed by atoms with Gasteiger partial charge in [0.25, 0.3) is 10.0 Å². The van der Waals surface area contributed by atoms with Gasteiger partial charge in [-0.2, -0.15) is 5.10 Å². The Morgan fingerprint density at radius 1 is 1.22 bits per heavy atom. The van der Waals surface area contributed by atoms with Crippen molar-refractivity contribution < 1.29 is 13.5 Å². The van der Waals surface area contributed by atoms with Gasteiger partial charge in [0.2, 0.25) is 0 Å². The predicted molar refractivity (Wildman–Crippen MR) is 67.0 cm³/mol. The van der Waals surface area contributed by atoms with E-state index in [0.29, 0.717) is 17.1 Å². The molecule has 0 fully saturated rings. The Kier molecular flexibility index (Phi) is 3.00. The molecule has 1 aromatic heterocycles. The highest BCUT2D eigenvalue weighted by molar-refractivity contribution is 7.92. The molecular formula is C11H13N3O3S. The first kappa shape index (κ1) is 12.4. The summed E-state index contributed by atoms with van der Waals surface area (Å²) in [7, 11) is -3.67. The Bertz CT molecular complexity index is 640. The highest BCUT2D eigenvalue weighted by Gasteiger charge is 2.22. The van der Waals surface area contributed by atoms with Crippen LogP contribution in [0.2, 0.25) is 0 Å². The van der Waals surface area contributed by atoms with E-state index in [1.54, 1.807) is 13.8 Å². The van der Waals surface area contributed by atoms with Crippen LogP contribution in [0.15, 0.2) is 29.2 Å². The van der Waals surface area contributed by atoms with Crippen molar-refractivity contribution in [1.82, 2.24) is 10.2 Å². The molecule has 1 heterocycles. The Hall–Kier alpha value is -2.02. The second kappa shape index (κ2) is 4.34. The number of phenols is 1. The monoisotopic (exact) mass is 267 g/mol. The number of aromatic nitrogens is 2. The number of sulfonamides is 1. The van der Waals surface area contributed by atoms with Crippen molar-refractivity contribution in [2.75, 3.05) is 4.72 Å². The molecule has 18 heavy (non-hydrogen) atoms. The molecule has 0 saturated heterocycles. The number of hydrogen-bond acceptors (Lipinski definition) is 4. The topological polar surface area (TPSA) is 95.1 Å². The number of anilines is 1. The smallest absolute Gasteiger partial charge is 0.265 e.